The van der Waals surface area contributed by atoms with Crippen molar-refractivity contribution < 1.29 is 19.7 Å². The highest BCUT2D eigenvalue weighted by Crippen LogP contribution is 2.17. The van der Waals surface area contributed by atoms with Crippen LogP contribution in [0.1, 0.15) is 6.92 Å². The maximum Gasteiger partial charge on any atom is 0.328 e. The van der Waals surface area contributed by atoms with Gasteiger partial charge in [0.15, 0.2) is 0 Å². The summed E-state index contributed by atoms with van der Waals surface area (Å²) in [5, 5.41) is 20.3. The van der Waals surface area contributed by atoms with E-state index in [0.717, 1.165) is 0 Å². The van der Waals surface area contributed by atoms with Gasteiger partial charge in [-0.05, 0) is 19.1 Å². The SMILES string of the molecule is CCOc1cccc(NC(CO)C(=O)O)c1. The van der Waals surface area contributed by atoms with Crippen LogP contribution in [0.2, 0.25) is 0 Å². The number of carbonyl (C=O) groups is 1. The van der Waals surface area contributed by atoms with E-state index in [1.165, 1.54) is 0 Å². The summed E-state index contributed by atoms with van der Waals surface area (Å²) in [5.74, 6) is -0.432. The summed E-state index contributed by atoms with van der Waals surface area (Å²) in [6.45, 7) is 1.95. The average molecular weight is 225 g/mol. The van der Waals surface area contributed by atoms with Crippen molar-refractivity contribution >= 4 is 11.7 Å². The highest BCUT2D eigenvalue weighted by Gasteiger charge is 2.15. The lowest BCUT2D eigenvalue weighted by Crippen LogP contribution is -2.32. The van der Waals surface area contributed by atoms with Gasteiger partial charge in [0.2, 0.25) is 0 Å². The molecule has 0 aromatic heterocycles. The van der Waals surface area contributed by atoms with E-state index in [1.807, 2.05) is 6.92 Å². The van der Waals surface area contributed by atoms with Crippen molar-refractivity contribution in [3.05, 3.63) is 24.3 Å². The van der Waals surface area contributed by atoms with Crippen molar-refractivity contribution in [1.82, 2.24) is 0 Å². The summed E-state index contributed by atoms with van der Waals surface area (Å²) < 4.78 is 5.27. The third kappa shape index (κ3) is 3.43. The summed E-state index contributed by atoms with van der Waals surface area (Å²) in [6, 6.07) is 5.94. The van der Waals surface area contributed by atoms with Crippen molar-refractivity contribution in [3.63, 3.8) is 0 Å². The van der Waals surface area contributed by atoms with Gasteiger partial charge in [-0.2, -0.15) is 0 Å². The number of anilines is 1. The van der Waals surface area contributed by atoms with Gasteiger partial charge in [0.05, 0.1) is 13.2 Å². The Labute approximate surface area is 93.7 Å². The minimum atomic E-state index is -1.09. The van der Waals surface area contributed by atoms with Gasteiger partial charge in [-0.1, -0.05) is 6.07 Å². The third-order valence-electron chi connectivity index (χ3n) is 1.97. The van der Waals surface area contributed by atoms with Gasteiger partial charge < -0.3 is 20.3 Å². The molecule has 1 aromatic carbocycles. The molecule has 0 radical (unpaired) electrons. The van der Waals surface area contributed by atoms with Gasteiger partial charge >= 0.3 is 5.97 Å². The molecule has 5 nitrogen and oxygen atoms in total. The van der Waals surface area contributed by atoms with Crippen molar-refractivity contribution in [2.75, 3.05) is 18.5 Å². The standard InChI is InChI=1S/C11H15NO4/c1-2-16-9-5-3-4-8(6-9)12-10(7-13)11(14)15/h3-6,10,12-13H,2,7H2,1H3,(H,14,15). The fourth-order valence-corrected chi connectivity index (χ4v) is 1.23. The number of hydrogen-bond acceptors (Lipinski definition) is 4. The van der Waals surface area contributed by atoms with Crippen LogP contribution in [0.15, 0.2) is 24.3 Å². The summed E-state index contributed by atoms with van der Waals surface area (Å²) in [5.41, 5.74) is 0.604. The first-order chi connectivity index (χ1) is 7.67. The zero-order valence-corrected chi connectivity index (χ0v) is 9.01. The number of aliphatic hydroxyl groups is 1. The molecule has 0 saturated carbocycles. The molecule has 0 aliphatic carbocycles. The first kappa shape index (κ1) is 12.3. The first-order valence-electron chi connectivity index (χ1n) is 5.00. The lowest BCUT2D eigenvalue weighted by Gasteiger charge is -2.13. The molecule has 1 unspecified atom stereocenters. The van der Waals surface area contributed by atoms with E-state index in [-0.39, 0.29) is 0 Å². The molecule has 5 heteroatoms. The van der Waals surface area contributed by atoms with E-state index >= 15 is 0 Å². The highest BCUT2D eigenvalue weighted by molar-refractivity contribution is 5.77. The molecular formula is C11H15NO4. The monoisotopic (exact) mass is 225 g/mol. The van der Waals surface area contributed by atoms with E-state index in [1.54, 1.807) is 24.3 Å². The van der Waals surface area contributed by atoms with Crippen molar-refractivity contribution in [2.45, 2.75) is 13.0 Å². The summed E-state index contributed by atoms with van der Waals surface area (Å²) in [7, 11) is 0. The molecule has 0 amide bonds. The van der Waals surface area contributed by atoms with Gasteiger partial charge in [0.25, 0.3) is 0 Å². The number of rotatable bonds is 6. The first-order valence-corrected chi connectivity index (χ1v) is 5.00. The molecule has 0 aliphatic rings. The number of carboxylic acid groups (broad SMARTS) is 1. The molecule has 3 N–H and O–H groups in total. The Hall–Kier alpha value is -1.75. The number of nitrogens with one attached hydrogen (secondary N) is 1. The predicted molar refractivity (Wildman–Crippen MR) is 59.7 cm³/mol. The van der Waals surface area contributed by atoms with Crippen LogP contribution in [-0.2, 0) is 4.79 Å². The zero-order valence-electron chi connectivity index (χ0n) is 9.01. The van der Waals surface area contributed by atoms with Gasteiger partial charge in [-0.15, -0.1) is 0 Å². The smallest absolute Gasteiger partial charge is 0.328 e. The van der Waals surface area contributed by atoms with E-state index in [4.69, 9.17) is 14.9 Å². The lowest BCUT2D eigenvalue weighted by atomic mass is 10.2. The second-order valence-electron chi connectivity index (χ2n) is 3.18. The molecule has 16 heavy (non-hydrogen) atoms. The molecule has 1 aromatic rings. The van der Waals surface area contributed by atoms with E-state index in [2.05, 4.69) is 5.32 Å². The molecule has 0 bridgehead atoms. The summed E-state index contributed by atoms with van der Waals surface area (Å²) in [4.78, 5) is 10.7. The van der Waals surface area contributed by atoms with Crippen molar-refractivity contribution in [1.29, 1.82) is 0 Å². The highest BCUT2D eigenvalue weighted by atomic mass is 16.5. The molecular weight excluding hydrogens is 210 g/mol. The minimum Gasteiger partial charge on any atom is -0.494 e. The number of carboxylic acids is 1. The normalized spacial score (nSPS) is 11.9. The molecule has 88 valence electrons. The van der Waals surface area contributed by atoms with E-state index in [0.29, 0.717) is 18.0 Å². The molecule has 0 saturated heterocycles. The summed E-state index contributed by atoms with van der Waals surface area (Å²) in [6.07, 6.45) is 0. The second-order valence-corrected chi connectivity index (χ2v) is 3.18. The number of benzene rings is 1. The van der Waals surface area contributed by atoms with E-state index in [9.17, 15) is 4.79 Å². The fourth-order valence-electron chi connectivity index (χ4n) is 1.23. The Kier molecular flexibility index (Phi) is 4.60. The maximum absolute atomic E-state index is 10.7. The van der Waals surface area contributed by atoms with Crippen LogP contribution in [0, 0.1) is 0 Å². The fraction of sp³-hybridized carbons (Fsp3) is 0.364. The molecule has 1 rings (SSSR count). The van der Waals surface area contributed by atoms with Gasteiger partial charge in [0, 0.05) is 11.8 Å². The number of ether oxygens (including phenoxy) is 1. The van der Waals surface area contributed by atoms with Crippen LogP contribution in [-0.4, -0.2) is 35.4 Å². The lowest BCUT2D eigenvalue weighted by molar-refractivity contribution is -0.138. The van der Waals surface area contributed by atoms with E-state index < -0.39 is 18.6 Å². The average Bonchev–Trinajstić information content (AvgIpc) is 2.26. The van der Waals surface area contributed by atoms with Crippen LogP contribution in [0.4, 0.5) is 5.69 Å². The quantitative estimate of drug-likeness (QED) is 0.671. The Bertz CT molecular complexity index is 354. The van der Waals surface area contributed by atoms with Gasteiger partial charge in [-0.3, -0.25) is 0 Å². The molecule has 0 aliphatic heterocycles. The Morgan fingerprint density at radius 1 is 1.56 bits per heavy atom. The predicted octanol–water partition coefficient (Wildman–Crippen LogP) is 0.943. The molecule has 0 fully saturated rings. The minimum absolute atomic E-state index is 0.464. The largest absolute Gasteiger partial charge is 0.494 e. The number of aliphatic hydroxyl groups excluding tert-OH is 1. The molecule has 1 atom stereocenters. The van der Waals surface area contributed by atoms with Crippen molar-refractivity contribution in [2.24, 2.45) is 0 Å². The molecule has 0 heterocycles. The van der Waals surface area contributed by atoms with Crippen LogP contribution in [0.5, 0.6) is 5.75 Å². The Morgan fingerprint density at radius 3 is 2.88 bits per heavy atom. The van der Waals surface area contributed by atoms with Gasteiger partial charge in [0.1, 0.15) is 11.8 Å². The zero-order chi connectivity index (χ0) is 12.0. The van der Waals surface area contributed by atoms with Crippen LogP contribution in [0.3, 0.4) is 0 Å². The molecule has 0 spiro atoms. The Balaban J connectivity index is 2.72. The Morgan fingerprint density at radius 2 is 2.31 bits per heavy atom. The summed E-state index contributed by atoms with van der Waals surface area (Å²) >= 11 is 0. The second kappa shape index (κ2) is 5.97. The topological polar surface area (TPSA) is 78.8 Å². The number of hydrogen-bond donors (Lipinski definition) is 3. The number of aliphatic carboxylic acids is 1. The maximum atomic E-state index is 10.7. The van der Waals surface area contributed by atoms with Crippen molar-refractivity contribution in [3.8, 4) is 5.75 Å². The van der Waals surface area contributed by atoms with Gasteiger partial charge in [-0.25, -0.2) is 4.79 Å². The van der Waals surface area contributed by atoms with Crippen LogP contribution < -0.4 is 10.1 Å². The third-order valence-corrected chi connectivity index (χ3v) is 1.97. The van der Waals surface area contributed by atoms with Crippen LogP contribution >= 0.6 is 0 Å². The van der Waals surface area contributed by atoms with Crippen LogP contribution in [0.25, 0.3) is 0 Å².